The van der Waals surface area contributed by atoms with Crippen LogP contribution in [-0.4, -0.2) is 5.78 Å². The van der Waals surface area contributed by atoms with Crippen LogP contribution in [0.3, 0.4) is 0 Å². The van der Waals surface area contributed by atoms with Crippen molar-refractivity contribution >= 4 is 5.78 Å². The molecule has 0 N–H and O–H groups in total. The maximum absolute atomic E-state index is 11.4. The van der Waals surface area contributed by atoms with Gasteiger partial charge < -0.3 is 0 Å². The van der Waals surface area contributed by atoms with E-state index in [4.69, 9.17) is 0 Å². The molecule has 0 bridgehead atoms. The molecule has 0 heterocycles. The fourth-order valence-corrected chi connectivity index (χ4v) is 1.72. The van der Waals surface area contributed by atoms with Gasteiger partial charge in [-0.2, -0.15) is 0 Å². The van der Waals surface area contributed by atoms with Crippen LogP contribution in [0.25, 0.3) is 0 Å². The van der Waals surface area contributed by atoms with Crippen LogP contribution in [-0.2, 0) is 4.79 Å². The van der Waals surface area contributed by atoms with Crippen molar-refractivity contribution in [3.63, 3.8) is 0 Å². The van der Waals surface area contributed by atoms with Gasteiger partial charge in [-0.3, -0.25) is 4.79 Å². The number of carbonyl (C=O) groups excluding carboxylic acids is 1. The highest BCUT2D eigenvalue weighted by Crippen LogP contribution is 2.29. The Bertz CT molecular complexity index is 181. The monoisotopic (exact) mass is 152 g/mol. The molecule has 1 heteroatoms. The molecular formula is C10H16O. The third-order valence-corrected chi connectivity index (χ3v) is 2.48. The van der Waals surface area contributed by atoms with Gasteiger partial charge in [-0.1, -0.05) is 19.1 Å². The fraction of sp³-hybridized carbons (Fsp3) is 0.700. The molecule has 1 fully saturated rings. The smallest absolute Gasteiger partial charge is 0.140 e. The third kappa shape index (κ3) is 1.92. The van der Waals surface area contributed by atoms with Gasteiger partial charge in [0, 0.05) is 12.3 Å². The summed E-state index contributed by atoms with van der Waals surface area (Å²) in [6.45, 7) is 7.94. The molecule has 0 amide bonds. The van der Waals surface area contributed by atoms with Crippen LogP contribution in [0.1, 0.15) is 33.1 Å². The standard InChI is InChI=1S/C10H16O/c1-7(2)9-5-4-8(3)6-10(9)11/h8-9H,1,4-6H2,2-3H3/t8-,9?/m1/s1. The van der Waals surface area contributed by atoms with Crippen molar-refractivity contribution in [3.8, 4) is 0 Å². The first-order valence-electron chi connectivity index (χ1n) is 4.29. The highest BCUT2D eigenvalue weighted by atomic mass is 16.1. The zero-order chi connectivity index (χ0) is 8.43. The molecule has 11 heavy (non-hydrogen) atoms. The van der Waals surface area contributed by atoms with Gasteiger partial charge in [-0.15, -0.1) is 0 Å². The van der Waals surface area contributed by atoms with Gasteiger partial charge in [0.25, 0.3) is 0 Å². The first-order valence-corrected chi connectivity index (χ1v) is 4.29. The Kier molecular flexibility index (Phi) is 2.48. The Labute approximate surface area is 68.5 Å². The second-order valence-corrected chi connectivity index (χ2v) is 3.75. The molecule has 1 nitrogen and oxygen atoms in total. The van der Waals surface area contributed by atoms with Crippen molar-refractivity contribution in [2.45, 2.75) is 33.1 Å². The lowest BCUT2D eigenvalue weighted by Gasteiger charge is -2.24. The number of Topliss-reactive ketones (excluding diaryl/α,β-unsaturated/α-hetero) is 1. The van der Waals surface area contributed by atoms with Crippen molar-refractivity contribution < 1.29 is 4.79 Å². The molecule has 0 aromatic heterocycles. The Morgan fingerprint density at radius 2 is 2.18 bits per heavy atom. The second-order valence-electron chi connectivity index (χ2n) is 3.75. The third-order valence-electron chi connectivity index (χ3n) is 2.48. The van der Waals surface area contributed by atoms with Crippen molar-refractivity contribution in [1.82, 2.24) is 0 Å². The van der Waals surface area contributed by atoms with Gasteiger partial charge in [0.2, 0.25) is 0 Å². The number of hydrogen-bond acceptors (Lipinski definition) is 1. The minimum Gasteiger partial charge on any atom is -0.299 e. The van der Waals surface area contributed by atoms with Crippen LogP contribution >= 0.6 is 0 Å². The van der Waals surface area contributed by atoms with Crippen LogP contribution in [0.15, 0.2) is 12.2 Å². The van der Waals surface area contributed by atoms with E-state index in [1.54, 1.807) is 0 Å². The maximum Gasteiger partial charge on any atom is 0.140 e. The molecule has 0 aliphatic heterocycles. The van der Waals surface area contributed by atoms with Crippen LogP contribution in [0.5, 0.6) is 0 Å². The molecule has 1 saturated carbocycles. The highest BCUT2D eigenvalue weighted by molar-refractivity contribution is 5.84. The Morgan fingerprint density at radius 1 is 1.55 bits per heavy atom. The lowest BCUT2D eigenvalue weighted by Crippen LogP contribution is -2.23. The Morgan fingerprint density at radius 3 is 2.64 bits per heavy atom. The molecule has 1 unspecified atom stereocenters. The van der Waals surface area contributed by atoms with E-state index in [0.29, 0.717) is 11.7 Å². The molecule has 0 aromatic rings. The molecule has 0 aromatic carbocycles. The molecule has 62 valence electrons. The topological polar surface area (TPSA) is 17.1 Å². The molecule has 1 aliphatic carbocycles. The summed E-state index contributed by atoms with van der Waals surface area (Å²) in [6.07, 6.45) is 2.97. The summed E-state index contributed by atoms with van der Waals surface area (Å²) in [5.41, 5.74) is 1.04. The van der Waals surface area contributed by atoms with E-state index < -0.39 is 0 Å². The lowest BCUT2D eigenvalue weighted by atomic mass is 9.79. The van der Waals surface area contributed by atoms with Gasteiger partial charge in [0.1, 0.15) is 5.78 Å². The predicted molar refractivity (Wildman–Crippen MR) is 46.3 cm³/mol. The number of hydrogen-bond donors (Lipinski definition) is 0. The molecule has 0 radical (unpaired) electrons. The normalized spacial score (nSPS) is 32.0. The van der Waals surface area contributed by atoms with Gasteiger partial charge in [-0.05, 0) is 25.7 Å². The van der Waals surface area contributed by atoms with E-state index in [9.17, 15) is 4.79 Å². The molecule has 0 spiro atoms. The minimum absolute atomic E-state index is 0.172. The average Bonchev–Trinajstić information content (AvgIpc) is 1.85. The summed E-state index contributed by atoms with van der Waals surface area (Å²) in [5, 5.41) is 0. The fourth-order valence-electron chi connectivity index (χ4n) is 1.72. The molecule has 1 rings (SSSR count). The summed E-state index contributed by atoms with van der Waals surface area (Å²) in [6, 6.07) is 0. The van der Waals surface area contributed by atoms with E-state index in [-0.39, 0.29) is 5.92 Å². The van der Waals surface area contributed by atoms with Crippen LogP contribution in [0, 0.1) is 11.8 Å². The molecule has 2 atom stereocenters. The molecular weight excluding hydrogens is 136 g/mol. The largest absolute Gasteiger partial charge is 0.299 e. The summed E-state index contributed by atoms with van der Waals surface area (Å²) >= 11 is 0. The van der Waals surface area contributed by atoms with Gasteiger partial charge >= 0.3 is 0 Å². The summed E-state index contributed by atoms with van der Waals surface area (Å²) in [4.78, 5) is 11.4. The number of ketones is 1. The SMILES string of the molecule is C=C(C)C1CC[C@@H](C)CC1=O. The average molecular weight is 152 g/mol. The number of allylic oxidation sites excluding steroid dienone is 1. The van der Waals surface area contributed by atoms with E-state index >= 15 is 0 Å². The summed E-state index contributed by atoms with van der Waals surface area (Å²) < 4.78 is 0. The first kappa shape index (κ1) is 8.51. The van der Waals surface area contributed by atoms with Crippen molar-refractivity contribution in [2.75, 3.05) is 0 Å². The zero-order valence-electron chi connectivity index (χ0n) is 7.39. The number of rotatable bonds is 1. The minimum atomic E-state index is 0.172. The second kappa shape index (κ2) is 3.21. The Hall–Kier alpha value is -0.590. The van der Waals surface area contributed by atoms with Crippen molar-refractivity contribution in [1.29, 1.82) is 0 Å². The Balaban J connectivity index is 2.58. The zero-order valence-corrected chi connectivity index (χ0v) is 7.39. The summed E-state index contributed by atoms with van der Waals surface area (Å²) in [7, 11) is 0. The van der Waals surface area contributed by atoms with Crippen molar-refractivity contribution in [3.05, 3.63) is 12.2 Å². The van der Waals surface area contributed by atoms with Crippen LogP contribution in [0.4, 0.5) is 0 Å². The maximum atomic E-state index is 11.4. The first-order chi connectivity index (χ1) is 5.11. The van der Waals surface area contributed by atoms with E-state index in [1.807, 2.05) is 6.92 Å². The number of carbonyl (C=O) groups is 1. The highest BCUT2D eigenvalue weighted by Gasteiger charge is 2.26. The van der Waals surface area contributed by atoms with E-state index in [2.05, 4.69) is 13.5 Å². The molecule has 1 aliphatic rings. The van der Waals surface area contributed by atoms with Crippen LogP contribution in [0.2, 0.25) is 0 Å². The molecule has 0 saturated heterocycles. The van der Waals surface area contributed by atoms with Crippen LogP contribution < -0.4 is 0 Å². The quantitative estimate of drug-likeness (QED) is 0.528. The van der Waals surface area contributed by atoms with E-state index in [1.165, 1.54) is 6.42 Å². The van der Waals surface area contributed by atoms with Crippen molar-refractivity contribution in [2.24, 2.45) is 11.8 Å². The summed E-state index contributed by atoms with van der Waals surface area (Å²) in [5.74, 6) is 1.17. The van der Waals surface area contributed by atoms with Gasteiger partial charge in [0.05, 0.1) is 0 Å². The lowest BCUT2D eigenvalue weighted by molar-refractivity contribution is -0.124. The predicted octanol–water partition coefficient (Wildman–Crippen LogP) is 2.57. The van der Waals surface area contributed by atoms with Gasteiger partial charge in [-0.25, -0.2) is 0 Å². The van der Waals surface area contributed by atoms with Gasteiger partial charge in [0.15, 0.2) is 0 Å². The van der Waals surface area contributed by atoms with E-state index in [0.717, 1.165) is 18.4 Å².